The van der Waals surface area contributed by atoms with E-state index in [1.54, 1.807) is 6.20 Å². The van der Waals surface area contributed by atoms with Crippen LogP contribution < -0.4 is 11.1 Å². The minimum absolute atomic E-state index is 0.255. The fourth-order valence-corrected chi connectivity index (χ4v) is 2.03. The third kappa shape index (κ3) is 3.07. The lowest BCUT2D eigenvalue weighted by Gasteiger charge is -2.16. The SMILES string of the molecule is CCNC(Cc1ccnc(N)c1)c1cnn(C)c1. The molecule has 5 heteroatoms. The molecule has 2 rings (SSSR count). The number of nitrogens with one attached hydrogen (secondary N) is 1. The Balaban J connectivity index is 2.16. The number of aryl methyl sites for hydroxylation is 1. The van der Waals surface area contributed by atoms with Crippen molar-refractivity contribution < 1.29 is 0 Å². The van der Waals surface area contributed by atoms with Crippen LogP contribution in [0.2, 0.25) is 0 Å². The molecule has 0 spiro atoms. The van der Waals surface area contributed by atoms with Crippen molar-refractivity contribution in [3.8, 4) is 0 Å². The molecule has 2 aromatic rings. The Morgan fingerprint density at radius 2 is 2.33 bits per heavy atom. The van der Waals surface area contributed by atoms with Gasteiger partial charge in [0.1, 0.15) is 5.82 Å². The van der Waals surface area contributed by atoms with Crippen molar-refractivity contribution >= 4 is 5.82 Å². The van der Waals surface area contributed by atoms with Crippen LogP contribution in [0.25, 0.3) is 0 Å². The molecule has 5 nitrogen and oxygen atoms in total. The van der Waals surface area contributed by atoms with Crippen molar-refractivity contribution in [2.45, 2.75) is 19.4 Å². The van der Waals surface area contributed by atoms with Crippen LogP contribution in [-0.2, 0) is 13.5 Å². The quantitative estimate of drug-likeness (QED) is 0.833. The summed E-state index contributed by atoms with van der Waals surface area (Å²) < 4.78 is 1.82. The van der Waals surface area contributed by atoms with Crippen molar-refractivity contribution in [3.63, 3.8) is 0 Å². The van der Waals surface area contributed by atoms with E-state index in [-0.39, 0.29) is 6.04 Å². The van der Waals surface area contributed by atoms with Crippen LogP contribution in [0.1, 0.15) is 24.1 Å². The van der Waals surface area contributed by atoms with Gasteiger partial charge in [-0.25, -0.2) is 4.98 Å². The van der Waals surface area contributed by atoms with Crippen molar-refractivity contribution in [3.05, 3.63) is 41.9 Å². The van der Waals surface area contributed by atoms with Gasteiger partial charge < -0.3 is 11.1 Å². The van der Waals surface area contributed by atoms with E-state index in [1.165, 1.54) is 11.1 Å². The number of rotatable bonds is 5. The Morgan fingerprint density at radius 3 is 2.94 bits per heavy atom. The lowest BCUT2D eigenvalue weighted by molar-refractivity contribution is 0.549. The first kappa shape index (κ1) is 12.6. The van der Waals surface area contributed by atoms with E-state index in [0.717, 1.165) is 13.0 Å². The second-order valence-electron chi connectivity index (χ2n) is 4.35. The molecule has 0 aliphatic rings. The summed E-state index contributed by atoms with van der Waals surface area (Å²) in [5.74, 6) is 0.564. The molecule has 1 atom stereocenters. The third-order valence-corrected chi connectivity index (χ3v) is 2.86. The highest BCUT2D eigenvalue weighted by Crippen LogP contribution is 2.18. The monoisotopic (exact) mass is 245 g/mol. The Hall–Kier alpha value is -1.88. The standard InChI is InChI=1S/C13H19N5/c1-3-15-12(11-8-17-18(2)9-11)6-10-4-5-16-13(14)7-10/h4-5,7-9,12,15H,3,6H2,1-2H3,(H2,14,16). The molecule has 2 heterocycles. The molecule has 18 heavy (non-hydrogen) atoms. The highest BCUT2D eigenvalue weighted by Gasteiger charge is 2.13. The highest BCUT2D eigenvalue weighted by molar-refractivity contribution is 5.32. The maximum atomic E-state index is 5.70. The number of pyridine rings is 1. The first-order valence-corrected chi connectivity index (χ1v) is 6.11. The topological polar surface area (TPSA) is 68.8 Å². The maximum Gasteiger partial charge on any atom is 0.123 e. The van der Waals surface area contributed by atoms with E-state index in [0.29, 0.717) is 5.82 Å². The average molecular weight is 245 g/mol. The minimum Gasteiger partial charge on any atom is -0.384 e. The molecule has 0 aliphatic carbocycles. The molecular formula is C13H19N5. The number of nitrogens with zero attached hydrogens (tertiary/aromatic N) is 3. The van der Waals surface area contributed by atoms with Crippen molar-refractivity contribution in [1.29, 1.82) is 0 Å². The first-order valence-electron chi connectivity index (χ1n) is 6.11. The van der Waals surface area contributed by atoms with Gasteiger partial charge in [-0.2, -0.15) is 5.10 Å². The first-order chi connectivity index (χ1) is 8.69. The summed E-state index contributed by atoms with van der Waals surface area (Å²) in [6, 6.07) is 4.17. The van der Waals surface area contributed by atoms with Gasteiger partial charge in [-0.15, -0.1) is 0 Å². The summed E-state index contributed by atoms with van der Waals surface area (Å²) in [5.41, 5.74) is 8.07. The third-order valence-electron chi connectivity index (χ3n) is 2.86. The second-order valence-corrected chi connectivity index (χ2v) is 4.35. The Bertz CT molecular complexity index is 506. The number of aromatic nitrogens is 3. The van der Waals surface area contributed by atoms with E-state index in [4.69, 9.17) is 5.73 Å². The molecule has 0 aliphatic heterocycles. The molecule has 96 valence electrons. The van der Waals surface area contributed by atoms with Gasteiger partial charge in [0.25, 0.3) is 0 Å². The van der Waals surface area contributed by atoms with Gasteiger partial charge in [-0.05, 0) is 30.7 Å². The van der Waals surface area contributed by atoms with Crippen LogP contribution in [-0.4, -0.2) is 21.3 Å². The van der Waals surface area contributed by atoms with E-state index in [9.17, 15) is 0 Å². The molecule has 1 unspecified atom stereocenters. The summed E-state index contributed by atoms with van der Waals surface area (Å²) in [5, 5.41) is 7.68. The Labute approximate surface area is 107 Å². The van der Waals surface area contributed by atoms with E-state index in [1.807, 2.05) is 36.3 Å². The number of hydrogen-bond acceptors (Lipinski definition) is 4. The fourth-order valence-electron chi connectivity index (χ4n) is 2.03. The smallest absolute Gasteiger partial charge is 0.123 e. The molecule has 0 aromatic carbocycles. The van der Waals surface area contributed by atoms with Gasteiger partial charge in [0, 0.05) is 31.0 Å². The normalized spacial score (nSPS) is 12.6. The van der Waals surface area contributed by atoms with Crippen molar-refractivity contribution in [1.82, 2.24) is 20.1 Å². The molecule has 3 N–H and O–H groups in total. The Kier molecular flexibility index (Phi) is 3.94. The number of nitrogen functional groups attached to an aromatic ring is 1. The van der Waals surface area contributed by atoms with Gasteiger partial charge in [0.05, 0.1) is 6.20 Å². The summed E-state index contributed by atoms with van der Waals surface area (Å²) in [6.45, 7) is 3.02. The number of nitrogens with two attached hydrogens (primary N) is 1. The number of likely N-dealkylation sites (N-methyl/N-ethyl adjacent to an activating group) is 1. The highest BCUT2D eigenvalue weighted by atomic mass is 15.2. The largest absolute Gasteiger partial charge is 0.384 e. The van der Waals surface area contributed by atoms with Crippen LogP contribution in [0.3, 0.4) is 0 Å². The zero-order valence-electron chi connectivity index (χ0n) is 10.8. The predicted octanol–water partition coefficient (Wildman–Crippen LogP) is 1.29. The second kappa shape index (κ2) is 5.64. The van der Waals surface area contributed by atoms with Gasteiger partial charge in [0.15, 0.2) is 0 Å². The summed E-state index contributed by atoms with van der Waals surface area (Å²) >= 11 is 0. The lowest BCUT2D eigenvalue weighted by atomic mass is 10.0. The summed E-state index contributed by atoms with van der Waals surface area (Å²) in [4.78, 5) is 4.01. The van der Waals surface area contributed by atoms with Crippen LogP contribution in [0.5, 0.6) is 0 Å². The maximum absolute atomic E-state index is 5.70. The van der Waals surface area contributed by atoms with Crippen LogP contribution in [0.4, 0.5) is 5.82 Å². The van der Waals surface area contributed by atoms with Crippen LogP contribution in [0.15, 0.2) is 30.7 Å². The fraction of sp³-hybridized carbons (Fsp3) is 0.385. The van der Waals surface area contributed by atoms with E-state index >= 15 is 0 Å². The van der Waals surface area contributed by atoms with E-state index < -0.39 is 0 Å². The molecule has 0 amide bonds. The predicted molar refractivity (Wildman–Crippen MR) is 72.0 cm³/mol. The van der Waals surface area contributed by atoms with Crippen molar-refractivity contribution in [2.24, 2.45) is 7.05 Å². The molecule has 2 aromatic heterocycles. The van der Waals surface area contributed by atoms with Crippen molar-refractivity contribution in [2.75, 3.05) is 12.3 Å². The van der Waals surface area contributed by atoms with Gasteiger partial charge in [-0.1, -0.05) is 6.92 Å². The summed E-state index contributed by atoms with van der Waals surface area (Å²) in [7, 11) is 1.93. The summed E-state index contributed by atoms with van der Waals surface area (Å²) in [6.07, 6.45) is 6.57. The van der Waals surface area contributed by atoms with E-state index in [2.05, 4.69) is 22.3 Å². The number of anilines is 1. The lowest BCUT2D eigenvalue weighted by Crippen LogP contribution is -2.22. The zero-order chi connectivity index (χ0) is 13.0. The van der Waals surface area contributed by atoms with Gasteiger partial charge in [0.2, 0.25) is 0 Å². The molecule has 0 radical (unpaired) electrons. The molecule has 0 fully saturated rings. The van der Waals surface area contributed by atoms with Gasteiger partial charge >= 0.3 is 0 Å². The van der Waals surface area contributed by atoms with Gasteiger partial charge in [-0.3, -0.25) is 4.68 Å². The van der Waals surface area contributed by atoms with Crippen LogP contribution >= 0.6 is 0 Å². The molecule has 0 saturated heterocycles. The number of hydrogen-bond donors (Lipinski definition) is 2. The Morgan fingerprint density at radius 1 is 1.50 bits per heavy atom. The molecule has 0 saturated carbocycles. The molecule has 0 bridgehead atoms. The zero-order valence-corrected chi connectivity index (χ0v) is 10.8. The van der Waals surface area contributed by atoms with Crippen LogP contribution in [0, 0.1) is 0 Å². The minimum atomic E-state index is 0.255. The average Bonchev–Trinajstić information content (AvgIpc) is 2.75. The molecular weight excluding hydrogens is 226 g/mol.